The van der Waals surface area contributed by atoms with E-state index in [-0.39, 0.29) is 0 Å². The van der Waals surface area contributed by atoms with Crippen LogP contribution in [0.1, 0.15) is 11.3 Å². The Labute approximate surface area is 165 Å². The Morgan fingerprint density at radius 3 is 2.67 bits per heavy atom. The number of nitrogens with zero attached hydrogens (tertiary/aromatic N) is 4. The highest BCUT2D eigenvalue weighted by Gasteiger charge is 2.20. The normalized spacial score (nSPS) is 14.4. The van der Waals surface area contributed by atoms with Gasteiger partial charge in [-0.3, -0.25) is 4.98 Å². The van der Waals surface area contributed by atoms with E-state index >= 15 is 0 Å². The summed E-state index contributed by atoms with van der Waals surface area (Å²) in [7, 11) is 0. The van der Waals surface area contributed by atoms with E-state index in [0.29, 0.717) is 0 Å². The molecule has 0 radical (unpaired) electrons. The van der Waals surface area contributed by atoms with Gasteiger partial charge in [0.2, 0.25) is 0 Å². The van der Waals surface area contributed by atoms with Crippen LogP contribution in [0.3, 0.4) is 0 Å². The lowest BCUT2D eigenvalue weighted by Gasteiger charge is -2.37. The Hall–Kier alpha value is -2.73. The zero-order valence-corrected chi connectivity index (χ0v) is 16.5. The van der Waals surface area contributed by atoms with Crippen LogP contribution < -0.4 is 10.2 Å². The fourth-order valence-electron chi connectivity index (χ4n) is 3.62. The van der Waals surface area contributed by atoms with Crippen molar-refractivity contribution >= 4 is 39.6 Å². The van der Waals surface area contributed by atoms with Crippen LogP contribution in [0.5, 0.6) is 0 Å². The van der Waals surface area contributed by atoms with E-state index in [1.54, 1.807) is 0 Å². The summed E-state index contributed by atoms with van der Waals surface area (Å²) < 4.78 is 0. The van der Waals surface area contributed by atoms with Gasteiger partial charge >= 0.3 is 0 Å². The molecule has 1 aliphatic rings. The Bertz CT molecular complexity index is 954. The summed E-state index contributed by atoms with van der Waals surface area (Å²) in [5.74, 6) is 0.819. The molecule has 2 aromatic heterocycles. The van der Waals surface area contributed by atoms with Gasteiger partial charge in [-0.1, -0.05) is 12.1 Å². The summed E-state index contributed by atoms with van der Waals surface area (Å²) in [5, 5.41) is 6.47. The molecule has 5 nitrogen and oxygen atoms in total. The second-order valence-electron chi connectivity index (χ2n) is 6.95. The molecule has 3 aromatic rings. The zero-order valence-electron chi connectivity index (χ0n) is 15.6. The van der Waals surface area contributed by atoms with Gasteiger partial charge < -0.3 is 15.1 Å². The number of aryl methyl sites for hydroxylation is 2. The molecular formula is C21H23N5S. The average molecular weight is 378 g/mol. The van der Waals surface area contributed by atoms with Crippen molar-refractivity contribution in [3.63, 3.8) is 0 Å². The molecular weight excluding hydrogens is 354 g/mol. The lowest BCUT2D eigenvalue weighted by Crippen LogP contribution is -2.50. The van der Waals surface area contributed by atoms with Crippen molar-refractivity contribution in [1.29, 1.82) is 0 Å². The monoisotopic (exact) mass is 377 g/mol. The number of aromatic nitrogens is 2. The Kier molecular flexibility index (Phi) is 4.90. The summed E-state index contributed by atoms with van der Waals surface area (Å²) in [5.41, 5.74) is 3.42. The van der Waals surface area contributed by atoms with Gasteiger partial charge in [0.05, 0.1) is 0 Å². The summed E-state index contributed by atoms with van der Waals surface area (Å²) in [4.78, 5) is 13.5. The van der Waals surface area contributed by atoms with Crippen LogP contribution in [-0.4, -0.2) is 46.2 Å². The van der Waals surface area contributed by atoms with Gasteiger partial charge in [0.1, 0.15) is 5.82 Å². The average Bonchev–Trinajstić information content (AvgIpc) is 2.67. The van der Waals surface area contributed by atoms with Gasteiger partial charge in [-0.05, 0) is 61.3 Å². The third-order valence-electron chi connectivity index (χ3n) is 4.90. The van der Waals surface area contributed by atoms with E-state index in [9.17, 15) is 0 Å². The predicted molar refractivity (Wildman–Crippen MR) is 115 cm³/mol. The molecule has 0 amide bonds. The van der Waals surface area contributed by atoms with E-state index in [2.05, 4.69) is 62.3 Å². The summed E-state index contributed by atoms with van der Waals surface area (Å²) in [6, 6.07) is 12.6. The summed E-state index contributed by atoms with van der Waals surface area (Å²) >= 11 is 5.62. The molecule has 0 spiro atoms. The minimum absolute atomic E-state index is 0.742. The molecule has 138 valence electrons. The maximum Gasteiger partial charge on any atom is 0.174 e. The quantitative estimate of drug-likeness (QED) is 0.686. The molecule has 1 N–H and O–H groups in total. The topological polar surface area (TPSA) is 44.3 Å². The lowest BCUT2D eigenvalue weighted by atomic mass is 10.1. The number of rotatable bonds is 2. The van der Waals surface area contributed by atoms with Crippen LogP contribution in [0.4, 0.5) is 11.5 Å². The number of hydrogen-bond donors (Lipinski definition) is 1. The first-order valence-corrected chi connectivity index (χ1v) is 9.60. The molecule has 0 saturated carbocycles. The first-order valence-electron chi connectivity index (χ1n) is 9.19. The van der Waals surface area contributed by atoms with Crippen LogP contribution >= 0.6 is 12.2 Å². The molecule has 27 heavy (non-hydrogen) atoms. The smallest absolute Gasteiger partial charge is 0.174 e. The van der Waals surface area contributed by atoms with Gasteiger partial charge in [0, 0.05) is 55.3 Å². The molecule has 0 bridgehead atoms. The molecule has 4 rings (SSSR count). The van der Waals surface area contributed by atoms with Crippen molar-refractivity contribution in [3.05, 3.63) is 60.0 Å². The summed E-state index contributed by atoms with van der Waals surface area (Å²) in [6.45, 7) is 7.69. The van der Waals surface area contributed by atoms with Crippen LogP contribution in [0, 0.1) is 13.8 Å². The SMILES string of the molecule is Cc1cc(C)nc(NC(=S)N2CCN(c3cccc4ccncc34)CC2)c1. The summed E-state index contributed by atoms with van der Waals surface area (Å²) in [6.07, 6.45) is 3.80. The Morgan fingerprint density at radius 2 is 1.89 bits per heavy atom. The third-order valence-corrected chi connectivity index (χ3v) is 5.26. The molecule has 6 heteroatoms. The van der Waals surface area contributed by atoms with Crippen molar-refractivity contribution in [2.24, 2.45) is 0 Å². The molecule has 1 aliphatic heterocycles. The number of pyridine rings is 2. The van der Waals surface area contributed by atoms with Gasteiger partial charge in [-0.15, -0.1) is 0 Å². The number of thiocarbonyl (C=S) groups is 1. The molecule has 0 aliphatic carbocycles. The zero-order chi connectivity index (χ0) is 18.8. The maximum absolute atomic E-state index is 5.62. The Balaban J connectivity index is 1.43. The highest BCUT2D eigenvalue weighted by atomic mass is 32.1. The molecule has 0 atom stereocenters. The van der Waals surface area contributed by atoms with Crippen molar-refractivity contribution in [2.45, 2.75) is 13.8 Å². The fraction of sp³-hybridized carbons (Fsp3) is 0.286. The number of fused-ring (bicyclic) bond motifs is 1. The van der Waals surface area contributed by atoms with E-state index < -0.39 is 0 Å². The van der Waals surface area contributed by atoms with Crippen LogP contribution in [0.25, 0.3) is 10.8 Å². The number of benzene rings is 1. The number of anilines is 2. The second-order valence-corrected chi connectivity index (χ2v) is 7.34. The largest absolute Gasteiger partial charge is 0.367 e. The van der Waals surface area contributed by atoms with Crippen LogP contribution in [0.15, 0.2) is 48.8 Å². The molecule has 1 saturated heterocycles. The van der Waals surface area contributed by atoms with Crippen LogP contribution in [-0.2, 0) is 0 Å². The van der Waals surface area contributed by atoms with Gasteiger partial charge in [0.15, 0.2) is 5.11 Å². The van der Waals surface area contributed by atoms with Gasteiger partial charge in [-0.25, -0.2) is 4.98 Å². The minimum Gasteiger partial charge on any atom is -0.367 e. The predicted octanol–water partition coefficient (Wildman–Crippen LogP) is 3.77. The van der Waals surface area contributed by atoms with Crippen molar-refractivity contribution in [3.8, 4) is 0 Å². The first-order chi connectivity index (χ1) is 13.1. The van der Waals surface area contributed by atoms with Crippen molar-refractivity contribution in [2.75, 3.05) is 36.4 Å². The maximum atomic E-state index is 5.62. The molecule has 1 aromatic carbocycles. The van der Waals surface area contributed by atoms with Crippen molar-refractivity contribution < 1.29 is 0 Å². The highest BCUT2D eigenvalue weighted by molar-refractivity contribution is 7.80. The molecule has 3 heterocycles. The van der Waals surface area contributed by atoms with E-state index in [1.807, 2.05) is 25.4 Å². The molecule has 1 fully saturated rings. The van der Waals surface area contributed by atoms with Crippen LogP contribution in [0.2, 0.25) is 0 Å². The Morgan fingerprint density at radius 1 is 1.07 bits per heavy atom. The number of hydrogen-bond acceptors (Lipinski definition) is 4. The molecule has 0 unspecified atom stereocenters. The van der Waals surface area contributed by atoms with E-state index in [4.69, 9.17) is 12.2 Å². The number of piperazine rings is 1. The van der Waals surface area contributed by atoms with Gasteiger partial charge in [0.25, 0.3) is 0 Å². The number of nitrogens with one attached hydrogen (secondary N) is 1. The standard InChI is InChI=1S/C21H23N5S/c1-15-12-16(2)23-20(13-15)24-21(27)26-10-8-25(9-11-26)19-5-3-4-17-6-7-22-14-18(17)19/h3-7,12-14H,8-11H2,1-2H3,(H,23,24,27). The van der Waals surface area contributed by atoms with E-state index in [1.165, 1.54) is 22.0 Å². The van der Waals surface area contributed by atoms with Crippen molar-refractivity contribution in [1.82, 2.24) is 14.9 Å². The van der Waals surface area contributed by atoms with E-state index in [0.717, 1.165) is 42.8 Å². The highest BCUT2D eigenvalue weighted by Crippen LogP contribution is 2.27. The third kappa shape index (κ3) is 3.85. The second kappa shape index (κ2) is 7.48. The first kappa shape index (κ1) is 17.7. The fourth-order valence-corrected chi connectivity index (χ4v) is 3.90. The van der Waals surface area contributed by atoms with Gasteiger partial charge in [-0.2, -0.15) is 0 Å². The minimum atomic E-state index is 0.742. The lowest BCUT2D eigenvalue weighted by molar-refractivity contribution is 0.391.